The van der Waals surface area contributed by atoms with Gasteiger partial charge in [0.25, 0.3) is 0 Å². The van der Waals surface area contributed by atoms with Gasteiger partial charge in [-0.3, -0.25) is 9.69 Å². The van der Waals surface area contributed by atoms with Gasteiger partial charge in [0.15, 0.2) is 11.5 Å². The summed E-state index contributed by atoms with van der Waals surface area (Å²) in [4.78, 5) is 16.6. The van der Waals surface area contributed by atoms with Gasteiger partial charge in [0.1, 0.15) is 0 Å². The van der Waals surface area contributed by atoms with Crippen molar-refractivity contribution in [1.29, 1.82) is 0 Å². The lowest BCUT2D eigenvalue weighted by molar-refractivity contribution is -0.133. The van der Waals surface area contributed by atoms with E-state index in [1.807, 2.05) is 17.0 Å². The molecule has 0 bridgehead atoms. The molecule has 2 aliphatic heterocycles. The van der Waals surface area contributed by atoms with Crippen molar-refractivity contribution in [2.75, 3.05) is 33.0 Å². The molecule has 0 atom stereocenters. The lowest BCUT2D eigenvalue weighted by Crippen LogP contribution is -2.48. The number of hydrogen-bond acceptors (Lipinski definition) is 7. The summed E-state index contributed by atoms with van der Waals surface area (Å²) in [7, 11) is 0. The third kappa shape index (κ3) is 3.80. The minimum atomic E-state index is 0.142. The molecule has 138 valence electrons. The minimum absolute atomic E-state index is 0.142. The Morgan fingerprint density at radius 1 is 1.12 bits per heavy atom. The van der Waals surface area contributed by atoms with Gasteiger partial charge in [0.05, 0.1) is 0 Å². The first-order valence-electron chi connectivity index (χ1n) is 8.85. The van der Waals surface area contributed by atoms with Gasteiger partial charge in [0, 0.05) is 52.5 Å². The average Bonchev–Trinajstić information content (AvgIpc) is 3.28. The van der Waals surface area contributed by atoms with Gasteiger partial charge in [-0.05, 0) is 17.7 Å². The smallest absolute Gasteiger partial charge is 0.231 e. The molecule has 0 spiro atoms. The van der Waals surface area contributed by atoms with Crippen LogP contribution in [0.3, 0.4) is 0 Å². The van der Waals surface area contributed by atoms with Crippen LogP contribution in [0.4, 0.5) is 0 Å². The number of hydrogen-bond donors (Lipinski definition) is 0. The van der Waals surface area contributed by atoms with Crippen LogP contribution < -0.4 is 9.47 Å². The molecule has 0 radical (unpaired) electrons. The molecule has 1 fully saturated rings. The minimum Gasteiger partial charge on any atom is -0.454 e. The molecule has 0 saturated carbocycles. The molecule has 4 rings (SSSR count). The number of aryl methyl sites for hydroxylation is 2. The molecule has 8 nitrogen and oxygen atoms in total. The van der Waals surface area contributed by atoms with Crippen molar-refractivity contribution in [2.45, 2.75) is 26.3 Å². The molecule has 2 aromatic rings. The second kappa shape index (κ2) is 7.33. The normalized spacial score (nSPS) is 16.9. The van der Waals surface area contributed by atoms with Gasteiger partial charge in [0.2, 0.25) is 24.5 Å². The van der Waals surface area contributed by atoms with E-state index >= 15 is 0 Å². The topological polar surface area (TPSA) is 80.9 Å². The lowest BCUT2D eigenvalue weighted by atomic mass is 10.1. The zero-order valence-corrected chi connectivity index (χ0v) is 14.8. The van der Waals surface area contributed by atoms with E-state index in [2.05, 4.69) is 21.2 Å². The van der Waals surface area contributed by atoms with E-state index in [-0.39, 0.29) is 5.91 Å². The Hall–Kier alpha value is -2.61. The summed E-state index contributed by atoms with van der Waals surface area (Å²) in [5.41, 5.74) is 1.20. The predicted octanol–water partition coefficient (Wildman–Crippen LogP) is 1.38. The van der Waals surface area contributed by atoms with Crippen LogP contribution in [0.5, 0.6) is 11.5 Å². The van der Waals surface area contributed by atoms with Crippen LogP contribution in [0.1, 0.15) is 23.8 Å². The van der Waals surface area contributed by atoms with Crippen molar-refractivity contribution in [2.24, 2.45) is 0 Å². The van der Waals surface area contributed by atoms with Crippen molar-refractivity contribution in [3.8, 4) is 11.5 Å². The maximum atomic E-state index is 12.4. The van der Waals surface area contributed by atoms with Crippen LogP contribution >= 0.6 is 0 Å². The van der Waals surface area contributed by atoms with Crippen molar-refractivity contribution in [3.63, 3.8) is 0 Å². The molecule has 2 aliphatic rings. The zero-order chi connectivity index (χ0) is 17.9. The van der Waals surface area contributed by atoms with Gasteiger partial charge in [-0.15, -0.1) is 10.2 Å². The summed E-state index contributed by atoms with van der Waals surface area (Å²) in [6.45, 7) is 6.10. The summed E-state index contributed by atoms with van der Waals surface area (Å²) in [5.74, 6) is 2.82. The van der Waals surface area contributed by atoms with E-state index < -0.39 is 0 Å². The number of benzene rings is 1. The third-order valence-electron chi connectivity index (χ3n) is 4.69. The number of piperazine rings is 1. The van der Waals surface area contributed by atoms with Crippen LogP contribution in [0.25, 0.3) is 0 Å². The Kier molecular flexibility index (Phi) is 4.75. The van der Waals surface area contributed by atoms with E-state index in [4.69, 9.17) is 13.9 Å². The highest BCUT2D eigenvalue weighted by Gasteiger charge is 2.22. The number of amides is 1. The molecule has 1 aromatic carbocycles. The van der Waals surface area contributed by atoms with Crippen LogP contribution in [0, 0.1) is 6.92 Å². The van der Waals surface area contributed by atoms with E-state index in [1.165, 1.54) is 5.56 Å². The first-order valence-corrected chi connectivity index (χ1v) is 8.85. The fraction of sp³-hybridized carbons (Fsp3) is 0.500. The molecule has 1 saturated heterocycles. The molecule has 0 unspecified atom stereocenters. The highest BCUT2D eigenvalue weighted by atomic mass is 16.7. The van der Waals surface area contributed by atoms with Gasteiger partial charge >= 0.3 is 0 Å². The summed E-state index contributed by atoms with van der Waals surface area (Å²) in [5, 5.41) is 7.72. The number of nitrogens with zero attached hydrogens (tertiary/aromatic N) is 4. The summed E-state index contributed by atoms with van der Waals surface area (Å²) in [6.07, 6.45) is 0.904. The summed E-state index contributed by atoms with van der Waals surface area (Å²) < 4.78 is 16.1. The fourth-order valence-corrected chi connectivity index (χ4v) is 3.26. The predicted molar refractivity (Wildman–Crippen MR) is 91.8 cm³/mol. The largest absolute Gasteiger partial charge is 0.454 e. The quantitative estimate of drug-likeness (QED) is 0.799. The summed E-state index contributed by atoms with van der Waals surface area (Å²) in [6, 6.07) is 6.06. The number of fused-ring (bicyclic) bond motifs is 1. The second-order valence-corrected chi connectivity index (χ2v) is 6.56. The van der Waals surface area contributed by atoms with Gasteiger partial charge in [-0.25, -0.2) is 0 Å². The molecule has 8 heteroatoms. The van der Waals surface area contributed by atoms with Gasteiger partial charge in [-0.2, -0.15) is 0 Å². The van der Waals surface area contributed by atoms with Crippen LogP contribution in [0.2, 0.25) is 0 Å². The first kappa shape index (κ1) is 16.8. The average molecular weight is 358 g/mol. The Labute approximate surface area is 151 Å². The zero-order valence-electron chi connectivity index (χ0n) is 14.8. The number of aromatic nitrogens is 2. The standard InChI is InChI=1S/C18H22N4O4/c1-13-19-20-17(26-13)4-5-18(23)22-8-6-21(7-9-22)11-14-2-3-15-16(10-14)25-12-24-15/h2-3,10H,4-9,11-12H2,1H3. The third-order valence-corrected chi connectivity index (χ3v) is 4.69. The highest BCUT2D eigenvalue weighted by Crippen LogP contribution is 2.32. The SMILES string of the molecule is Cc1nnc(CCC(=O)N2CCN(Cc3ccc4c(c3)OCO4)CC2)o1. The molecule has 0 aliphatic carbocycles. The van der Waals surface area contributed by atoms with Crippen molar-refractivity contribution in [1.82, 2.24) is 20.0 Å². The number of ether oxygens (including phenoxy) is 2. The van der Waals surface area contributed by atoms with Crippen molar-refractivity contribution >= 4 is 5.91 Å². The molecule has 1 amide bonds. The van der Waals surface area contributed by atoms with Crippen molar-refractivity contribution < 1.29 is 18.7 Å². The van der Waals surface area contributed by atoms with Gasteiger partial charge in [-0.1, -0.05) is 6.07 Å². The van der Waals surface area contributed by atoms with E-state index in [0.29, 0.717) is 31.4 Å². The van der Waals surface area contributed by atoms with E-state index in [1.54, 1.807) is 6.92 Å². The molecule has 0 N–H and O–H groups in total. The maximum Gasteiger partial charge on any atom is 0.231 e. The Bertz CT molecular complexity index is 783. The van der Waals surface area contributed by atoms with Crippen LogP contribution in [-0.4, -0.2) is 58.9 Å². The molecular formula is C18H22N4O4. The highest BCUT2D eigenvalue weighted by molar-refractivity contribution is 5.76. The number of carbonyl (C=O) groups is 1. The van der Waals surface area contributed by atoms with Crippen LogP contribution in [0.15, 0.2) is 22.6 Å². The van der Waals surface area contributed by atoms with Crippen LogP contribution in [-0.2, 0) is 17.8 Å². The molecule has 3 heterocycles. The molecule has 1 aromatic heterocycles. The Morgan fingerprint density at radius 3 is 2.69 bits per heavy atom. The lowest BCUT2D eigenvalue weighted by Gasteiger charge is -2.34. The maximum absolute atomic E-state index is 12.4. The number of rotatable bonds is 5. The van der Waals surface area contributed by atoms with E-state index in [0.717, 1.165) is 44.2 Å². The van der Waals surface area contributed by atoms with Gasteiger partial charge < -0.3 is 18.8 Å². The van der Waals surface area contributed by atoms with Crippen molar-refractivity contribution in [3.05, 3.63) is 35.5 Å². The summed E-state index contributed by atoms with van der Waals surface area (Å²) >= 11 is 0. The molecular weight excluding hydrogens is 336 g/mol. The fourth-order valence-electron chi connectivity index (χ4n) is 3.26. The monoisotopic (exact) mass is 358 g/mol. The first-order chi connectivity index (χ1) is 12.7. The Balaban J connectivity index is 1.24. The molecule has 26 heavy (non-hydrogen) atoms. The second-order valence-electron chi connectivity index (χ2n) is 6.56. The van der Waals surface area contributed by atoms with E-state index in [9.17, 15) is 4.79 Å². The number of carbonyl (C=O) groups excluding carboxylic acids is 1. The Morgan fingerprint density at radius 2 is 1.92 bits per heavy atom.